The number of carbonyl (C=O) groups is 1. The second-order valence-electron chi connectivity index (χ2n) is 1.05. The molecule has 0 aliphatic carbocycles. The third-order valence-electron chi connectivity index (χ3n) is 0.339. The van der Waals surface area contributed by atoms with Crippen molar-refractivity contribution in [2.24, 2.45) is 0 Å². The Bertz CT molecular complexity index is 107. The molecule has 0 atom stereocenters. The van der Waals surface area contributed by atoms with E-state index >= 15 is 0 Å². The molecule has 0 rings (SSSR count). The van der Waals surface area contributed by atoms with Crippen molar-refractivity contribution in [3.05, 3.63) is 0 Å². The fraction of sp³-hybridized carbons (Fsp3) is 0.667. The SMILES string of the molecule is O=C(CCl)OC(Cl)(Cl)Cl. The summed E-state index contributed by atoms with van der Waals surface area (Å²) in [4.78, 5) is 10.2. The molecule has 0 saturated carbocycles. The van der Waals surface area contributed by atoms with Gasteiger partial charge in [-0.1, -0.05) is 0 Å². The molecule has 0 aliphatic rings. The van der Waals surface area contributed by atoms with Gasteiger partial charge in [-0.25, -0.2) is 0 Å². The molecule has 0 spiro atoms. The van der Waals surface area contributed by atoms with Crippen molar-refractivity contribution in [2.75, 3.05) is 5.88 Å². The van der Waals surface area contributed by atoms with Crippen LogP contribution in [0.2, 0.25) is 0 Å². The first-order chi connectivity index (χ1) is 3.95. The van der Waals surface area contributed by atoms with Gasteiger partial charge in [0.2, 0.25) is 0 Å². The van der Waals surface area contributed by atoms with Gasteiger partial charge < -0.3 is 4.74 Å². The van der Waals surface area contributed by atoms with Gasteiger partial charge in [-0.2, -0.15) is 0 Å². The van der Waals surface area contributed by atoms with Gasteiger partial charge in [0.25, 0.3) is 0 Å². The van der Waals surface area contributed by atoms with Gasteiger partial charge in [-0.3, -0.25) is 4.79 Å². The summed E-state index contributed by atoms with van der Waals surface area (Å²) in [5.41, 5.74) is 0. The monoisotopic (exact) mass is 210 g/mol. The van der Waals surface area contributed by atoms with E-state index in [4.69, 9.17) is 46.4 Å². The normalized spacial score (nSPS) is 11.1. The molecule has 0 unspecified atom stereocenters. The van der Waals surface area contributed by atoms with Crippen molar-refractivity contribution < 1.29 is 9.53 Å². The molecule has 0 fully saturated rings. The average molecular weight is 212 g/mol. The quantitative estimate of drug-likeness (QED) is 0.491. The molecule has 0 aromatic carbocycles. The van der Waals surface area contributed by atoms with Crippen LogP contribution in [-0.2, 0) is 9.53 Å². The number of esters is 1. The van der Waals surface area contributed by atoms with Gasteiger partial charge in [0, 0.05) is 0 Å². The summed E-state index contributed by atoms with van der Waals surface area (Å²) in [7, 11) is 0. The Balaban J connectivity index is 3.60. The predicted molar refractivity (Wildman–Crippen MR) is 37.1 cm³/mol. The van der Waals surface area contributed by atoms with E-state index in [1.165, 1.54) is 0 Å². The van der Waals surface area contributed by atoms with Gasteiger partial charge in [0.05, 0.1) is 0 Å². The Morgan fingerprint density at radius 1 is 1.44 bits per heavy atom. The number of hydrogen-bond donors (Lipinski definition) is 0. The molecule has 0 aromatic rings. The molecule has 0 heterocycles. The second kappa shape index (κ2) is 3.71. The van der Waals surface area contributed by atoms with E-state index in [1.807, 2.05) is 0 Å². The van der Waals surface area contributed by atoms with Crippen LogP contribution in [0.25, 0.3) is 0 Å². The Morgan fingerprint density at radius 2 is 1.89 bits per heavy atom. The number of carbonyl (C=O) groups excluding carboxylic acids is 1. The Hall–Kier alpha value is 0.630. The summed E-state index contributed by atoms with van der Waals surface area (Å²) < 4.78 is 2.12. The lowest BCUT2D eigenvalue weighted by Crippen LogP contribution is -2.16. The highest BCUT2D eigenvalue weighted by Gasteiger charge is 2.24. The standard InChI is InChI=1S/C3H2Cl4O2/c4-1-2(8)9-3(5,6)7/h1H2. The van der Waals surface area contributed by atoms with Crippen molar-refractivity contribution in [2.45, 2.75) is 3.98 Å². The highest BCUT2D eigenvalue weighted by atomic mass is 35.6. The summed E-state index contributed by atoms with van der Waals surface area (Å²) in [5, 5.41) is 0. The molecule has 0 aliphatic heterocycles. The van der Waals surface area contributed by atoms with Crippen LogP contribution in [0.1, 0.15) is 0 Å². The van der Waals surface area contributed by atoms with Crippen LogP contribution in [0.3, 0.4) is 0 Å². The van der Waals surface area contributed by atoms with Crippen LogP contribution >= 0.6 is 46.4 Å². The minimum Gasteiger partial charge on any atom is -0.414 e. The van der Waals surface area contributed by atoms with Crippen LogP contribution in [0.5, 0.6) is 0 Å². The van der Waals surface area contributed by atoms with E-state index in [-0.39, 0.29) is 5.88 Å². The molecule has 2 nitrogen and oxygen atoms in total. The second-order valence-corrected chi connectivity index (χ2v) is 3.50. The third-order valence-corrected chi connectivity index (χ3v) is 0.788. The lowest BCUT2D eigenvalue weighted by atomic mass is 10.8. The van der Waals surface area contributed by atoms with Crippen LogP contribution < -0.4 is 0 Å². The topological polar surface area (TPSA) is 26.3 Å². The van der Waals surface area contributed by atoms with Crippen molar-refractivity contribution in [3.8, 4) is 0 Å². The molecule has 54 valence electrons. The van der Waals surface area contributed by atoms with E-state index in [9.17, 15) is 4.79 Å². The van der Waals surface area contributed by atoms with E-state index in [1.54, 1.807) is 0 Å². The first-order valence-corrected chi connectivity index (χ1v) is 3.47. The molecule has 9 heavy (non-hydrogen) atoms. The molecular formula is C3H2Cl4O2. The summed E-state index contributed by atoms with van der Waals surface area (Å²) in [6.45, 7) is 0. The van der Waals surface area contributed by atoms with Crippen molar-refractivity contribution in [1.29, 1.82) is 0 Å². The zero-order valence-corrected chi connectivity index (χ0v) is 7.06. The summed E-state index contributed by atoms with van der Waals surface area (Å²) >= 11 is 20.1. The molecule has 0 bridgehead atoms. The Morgan fingerprint density at radius 3 is 2.00 bits per heavy atom. The van der Waals surface area contributed by atoms with E-state index in [0.717, 1.165) is 0 Å². The van der Waals surface area contributed by atoms with E-state index in [2.05, 4.69) is 4.74 Å². The molecule has 0 N–H and O–H groups in total. The molecule has 0 amide bonds. The molecule has 0 radical (unpaired) electrons. The minimum atomic E-state index is -1.99. The highest BCUT2D eigenvalue weighted by molar-refractivity contribution is 6.66. The van der Waals surface area contributed by atoms with Gasteiger partial charge in [-0.15, -0.1) is 11.6 Å². The lowest BCUT2D eigenvalue weighted by molar-refractivity contribution is -0.141. The molecular weight excluding hydrogens is 210 g/mol. The number of halogens is 4. The zero-order valence-electron chi connectivity index (χ0n) is 4.04. The molecule has 0 saturated heterocycles. The first-order valence-electron chi connectivity index (χ1n) is 1.80. The summed E-state index contributed by atoms with van der Waals surface area (Å²) in [6.07, 6.45) is 0. The number of alkyl halides is 4. The van der Waals surface area contributed by atoms with Gasteiger partial charge in [0.15, 0.2) is 0 Å². The van der Waals surface area contributed by atoms with Crippen molar-refractivity contribution in [3.63, 3.8) is 0 Å². The minimum absolute atomic E-state index is 0.325. The van der Waals surface area contributed by atoms with Crippen LogP contribution in [-0.4, -0.2) is 15.8 Å². The van der Waals surface area contributed by atoms with Crippen LogP contribution in [0.15, 0.2) is 0 Å². The van der Waals surface area contributed by atoms with Gasteiger partial charge >= 0.3 is 9.95 Å². The van der Waals surface area contributed by atoms with Crippen LogP contribution in [0.4, 0.5) is 0 Å². The van der Waals surface area contributed by atoms with E-state index in [0.29, 0.717) is 0 Å². The molecule has 6 heteroatoms. The average Bonchev–Trinajstić information content (AvgIpc) is 1.62. The maximum Gasteiger partial charge on any atom is 0.340 e. The van der Waals surface area contributed by atoms with Crippen molar-refractivity contribution in [1.82, 2.24) is 0 Å². The van der Waals surface area contributed by atoms with Crippen LogP contribution in [0, 0.1) is 0 Å². The van der Waals surface area contributed by atoms with E-state index < -0.39 is 9.95 Å². The molecule has 0 aromatic heterocycles. The third kappa shape index (κ3) is 6.52. The maximum absolute atomic E-state index is 10.2. The lowest BCUT2D eigenvalue weighted by Gasteiger charge is -2.09. The fourth-order valence-corrected chi connectivity index (χ4v) is 0.469. The highest BCUT2D eigenvalue weighted by Crippen LogP contribution is 2.27. The summed E-state index contributed by atoms with van der Waals surface area (Å²) in [5.74, 6) is -1.09. The Labute approximate surface area is 72.0 Å². The van der Waals surface area contributed by atoms with Gasteiger partial charge in [0.1, 0.15) is 5.88 Å². The van der Waals surface area contributed by atoms with Crippen molar-refractivity contribution >= 4 is 52.4 Å². The largest absolute Gasteiger partial charge is 0.414 e. The number of ether oxygens (including phenoxy) is 1. The first kappa shape index (κ1) is 9.63. The Kier molecular flexibility index (Phi) is 3.97. The smallest absolute Gasteiger partial charge is 0.340 e. The summed E-state index contributed by atoms with van der Waals surface area (Å²) in [6, 6.07) is 0. The van der Waals surface area contributed by atoms with Gasteiger partial charge in [-0.05, 0) is 34.8 Å². The number of rotatable bonds is 1. The fourth-order valence-electron chi connectivity index (χ4n) is 0.156. The number of hydrogen-bond acceptors (Lipinski definition) is 2. The zero-order chi connectivity index (χ0) is 7.49. The maximum atomic E-state index is 10.2. The predicted octanol–water partition coefficient (Wildman–Crippen LogP) is 2.10.